The van der Waals surface area contributed by atoms with E-state index in [1.54, 1.807) is 0 Å². The lowest BCUT2D eigenvalue weighted by molar-refractivity contribution is 0.313. The van der Waals surface area contributed by atoms with Gasteiger partial charge < -0.3 is 9.84 Å². The minimum absolute atomic E-state index is 0.114. The Bertz CT molecular complexity index is 321. The van der Waals surface area contributed by atoms with Crippen molar-refractivity contribution in [2.45, 2.75) is 26.7 Å². The summed E-state index contributed by atoms with van der Waals surface area (Å²) < 4.78 is 5.38. The van der Waals surface area contributed by atoms with Crippen LogP contribution in [0.25, 0.3) is 0 Å². The summed E-state index contributed by atoms with van der Waals surface area (Å²) in [6, 6.07) is 3.33. The number of benzene rings is 1. The van der Waals surface area contributed by atoms with Crippen LogP contribution in [0.5, 0.6) is 11.5 Å². The molecule has 0 unspecified atom stereocenters. The lowest BCUT2D eigenvalue weighted by Gasteiger charge is -2.14. The van der Waals surface area contributed by atoms with Crippen LogP contribution < -0.4 is 4.74 Å². The zero-order chi connectivity index (χ0) is 10.7. The molecule has 1 rings (SSSR count). The Labute approximate surface area is 89.5 Å². The molecule has 0 fully saturated rings. The highest BCUT2D eigenvalue weighted by Crippen LogP contribution is 2.37. The monoisotopic (exact) mass is 214 g/mol. The molecule has 2 nitrogen and oxygen atoms in total. The van der Waals surface area contributed by atoms with E-state index in [0.717, 1.165) is 5.56 Å². The van der Waals surface area contributed by atoms with Gasteiger partial charge in [0.25, 0.3) is 0 Å². The van der Waals surface area contributed by atoms with E-state index in [9.17, 15) is 5.11 Å². The van der Waals surface area contributed by atoms with Crippen molar-refractivity contribution in [1.82, 2.24) is 0 Å². The average molecular weight is 215 g/mol. The van der Waals surface area contributed by atoms with E-state index in [1.807, 2.05) is 26.8 Å². The minimum Gasteiger partial charge on any atom is -0.504 e. The molecular weight excluding hydrogens is 200 g/mol. The van der Waals surface area contributed by atoms with Crippen LogP contribution in [0.3, 0.4) is 0 Å². The number of halogens is 1. The van der Waals surface area contributed by atoms with E-state index in [-0.39, 0.29) is 11.7 Å². The maximum Gasteiger partial charge on any atom is 0.164 e. The summed E-state index contributed by atoms with van der Waals surface area (Å²) in [7, 11) is 0. The number of ether oxygens (including phenoxy) is 1. The fraction of sp³-hybridized carbons (Fsp3) is 0.455. The maximum absolute atomic E-state index is 9.64. The van der Waals surface area contributed by atoms with Crippen LogP contribution in [-0.4, -0.2) is 11.7 Å². The molecular formula is C11H15ClO2. The molecule has 0 saturated heterocycles. The topological polar surface area (TPSA) is 29.5 Å². The molecule has 0 heterocycles. The predicted octanol–water partition coefficient (Wildman–Crippen LogP) is 3.57. The van der Waals surface area contributed by atoms with Gasteiger partial charge in [0.15, 0.2) is 11.5 Å². The van der Waals surface area contributed by atoms with E-state index in [1.165, 1.54) is 6.07 Å². The molecule has 1 aromatic rings. The Hall–Kier alpha value is -0.890. The van der Waals surface area contributed by atoms with Crippen molar-refractivity contribution in [3.05, 3.63) is 22.7 Å². The summed E-state index contributed by atoms with van der Waals surface area (Å²) in [4.78, 5) is 0. The van der Waals surface area contributed by atoms with Gasteiger partial charge in [0, 0.05) is 16.7 Å². The third kappa shape index (κ3) is 2.32. The first-order chi connectivity index (χ1) is 6.56. The Morgan fingerprint density at radius 3 is 2.57 bits per heavy atom. The lowest BCUT2D eigenvalue weighted by Crippen LogP contribution is -1.98. The molecule has 0 spiro atoms. The molecule has 0 aliphatic heterocycles. The Morgan fingerprint density at radius 2 is 2.07 bits per heavy atom. The third-order valence-electron chi connectivity index (χ3n) is 1.97. The molecule has 0 amide bonds. The second-order valence-electron chi connectivity index (χ2n) is 3.43. The van der Waals surface area contributed by atoms with Gasteiger partial charge in [0.05, 0.1) is 6.61 Å². The number of rotatable bonds is 3. The van der Waals surface area contributed by atoms with Gasteiger partial charge in [0.1, 0.15) is 0 Å². The van der Waals surface area contributed by atoms with Crippen molar-refractivity contribution >= 4 is 11.6 Å². The summed E-state index contributed by atoms with van der Waals surface area (Å²) in [6.07, 6.45) is 0. The molecule has 0 radical (unpaired) electrons. The third-order valence-corrected chi connectivity index (χ3v) is 2.19. The summed E-state index contributed by atoms with van der Waals surface area (Å²) in [5, 5.41) is 10.2. The van der Waals surface area contributed by atoms with Gasteiger partial charge in [-0.05, 0) is 18.9 Å². The predicted molar refractivity (Wildman–Crippen MR) is 58.4 cm³/mol. The molecule has 0 bridgehead atoms. The second-order valence-corrected chi connectivity index (χ2v) is 3.87. The quantitative estimate of drug-likeness (QED) is 0.834. The molecule has 1 aromatic carbocycles. The van der Waals surface area contributed by atoms with Crippen molar-refractivity contribution in [2.24, 2.45) is 0 Å². The van der Waals surface area contributed by atoms with Gasteiger partial charge in [-0.2, -0.15) is 0 Å². The SMILES string of the molecule is CCOc1c(O)cc(Cl)cc1C(C)C. The van der Waals surface area contributed by atoms with Crippen LogP contribution in [0, 0.1) is 0 Å². The smallest absolute Gasteiger partial charge is 0.164 e. The number of hydrogen-bond acceptors (Lipinski definition) is 2. The Balaban J connectivity index is 3.21. The molecule has 0 aliphatic rings. The van der Waals surface area contributed by atoms with Gasteiger partial charge in [-0.15, -0.1) is 0 Å². The van der Waals surface area contributed by atoms with E-state index in [4.69, 9.17) is 16.3 Å². The highest BCUT2D eigenvalue weighted by atomic mass is 35.5. The lowest BCUT2D eigenvalue weighted by atomic mass is 10.0. The standard InChI is InChI=1S/C11H15ClO2/c1-4-14-11-9(7(2)3)5-8(12)6-10(11)13/h5-7,13H,4H2,1-3H3. The molecule has 0 aliphatic carbocycles. The molecule has 3 heteroatoms. The van der Waals surface area contributed by atoms with E-state index in [2.05, 4.69) is 0 Å². The molecule has 0 aromatic heterocycles. The molecule has 1 N–H and O–H groups in total. The number of aromatic hydroxyl groups is 1. The Morgan fingerprint density at radius 1 is 1.43 bits per heavy atom. The van der Waals surface area contributed by atoms with Crippen molar-refractivity contribution in [1.29, 1.82) is 0 Å². The van der Waals surface area contributed by atoms with Crippen LogP contribution in [0.4, 0.5) is 0 Å². The van der Waals surface area contributed by atoms with Gasteiger partial charge in [-0.25, -0.2) is 0 Å². The molecule has 0 saturated carbocycles. The number of phenols is 1. The first-order valence-corrected chi connectivity index (χ1v) is 5.09. The molecule has 78 valence electrons. The number of phenolic OH excluding ortho intramolecular Hbond substituents is 1. The van der Waals surface area contributed by atoms with Gasteiger partial charge in [0.2, 0.25) is 0 Å². The maximum atomic E-state index is 9.64. The highest BCUT2D eigenvalue weighted by molar-refractivity contribution is 6.30. The summed E-state index contributed by atoms with van der Waals surface area (Å²) in [6.45, 7) is 6.49. The van der Waals surface area contributed by atoms with E-state index >= 15 is 0 Å². The largest absolute Gasteiger partial charge is 0.504 e. The van der Waals surface area contributed by atoms with Crippen molar-refractivity contribution in [3.8, 4) is 11.5 Å². The van der Waals surface area contributed by atoms with Crippen LogP contribution in [0.2, 0.25) is 5.02 Å². The zero-order valence-electron chi connectivity index (χ0n) is 8.67. The summed E-state index contributed by atoms with van der Waals surface area (Å²) in [5.74, 6) is 0.941. The first kappa shape index (κ1) is 11.2. The zero-order valence-corrected chi connectivity index (χ0v) is 9.43. The normalized spacial score (nSPS) is 10.6. The van der Waals surface area contributed by atoms with Gasteiger partial charge in [-0.3, -0.25) is 0 Å². The number of hydrogen-bond donors (Lipinski definition) is 1. The van der Waals surface area contributed by atoms with Crippen LogP contribution >= 0.6 is 11.6 Å². The van der Waals surface area contributed by atoms with Crippen molar-refractivity contribution in [3.63, 3.8) is 0 Å². The average Bonchev–Trinajstić information content (AvgIpc) is 2.09. The summed E-state index contributed by atoms with van der Waals surface area (Å²) in [5.41, 5.74) is 0.942. The van der Waals surface area contributed by atoms with Crippen LogP contribution in [0.1, 0.15) is 32.3 Å². The van der Waals surface area contributed by atoms with Gasteiger partial charge >= 0.3 is 0 Å². The molecule has 0 atom stereocenters. The van der Waals surface area contributed by atoms with Crippen molar-refractivity contribution in [2.75, 3.05) is 6.61 Å². The van der Waals surface area contributed by atoms with Gasteiger partial charge in [-0.1, -0.05) is 25.4 Å². The summed E-state index contributed by atoms with van der Waals surface area (Å²) >= 11 is 5.85. The van der Waals surface area contributed by atoms with E-state index < -0.39 is 0 Å². The molecule has 14 heavy (non-hydrogen) atoms. The van der Waals surface area contributed by atoms with Crippen molar-refractivity contribution < 1.29 is 9.84 Å². The second kappa shape index (κ2) is 4.56. The Kier molecular flexibility index (Phi) is 3.64. The minimum atomic E-state index is 0.114. The fourth-order valence-electron chi connectivity index (χ4n) is 1.33. The van der Waals surface area contributed by atoms with Crippen LogP contribution in [-0.2, 0) is 0 Å². The highest BCUT2D eigenvalue weighted by Gasteiger charge is 2.13. The van der Waals surface area contributed by atoms with Crippen LogP contribution in [0.15, 0.2) is 12.1 Å². The first-order valence-electron chi connectivity index (χ1n) is 4.71. The fourth-order valence-corrected chi connectivity index (χ4v) is 1.55. The van der Waals surface area contributed by atoms with E-state index in [0.29, 0.717) is 17.4 Å².